The Morgan fingerprint density at radius 1 is 1.03 bits per heavy atom. The maximum Gasteiger partial charge on any atom is 0.324 e. The summed E-state index contributed by atoms with van der Waals surface area (Å²) in [7, 11) is 0. The number of urea groups is 1. The lowest BCUT2D eigenvalue weighted by Gasteiger charge is -2.37. The first-order valence-corrected chi connectivity index (χ1v) is 10.1. The highest BCUT2D eigenvalue weighted by atomic mass is 19.2. The minimum absolute atomic E-state index is 0.0674. The molecular weight excluding hydrogens is 409 g/mol. The SMILES string of the molecule is CCN1CCN(C(=O)N(Cc2ccc(C(=O)CN)cc2F)c2cccc(F)c2F)CC1. The number of anilines is 1. The molecule has 1 aliphatic rings. The van der Waals surface area contributed by atoms with E-state index < -0.39 is 29.3 Å². The van der Waals surface area contributed by atoms with E-state index in [0.717, 1.165) is 23.6 Å². The Morgan fingerprint density at radius 2 is 1.74 bits per heavy atom. The molecule has 9 heteroatoms. The number of halogens is 3. The number of rotatable bonds is 6. The quantitative estimate of drug-likeness (QED) is 0.710. The van der Waals surface area contributed by atoms with E-state index in [4.69, 9.17) is 5.73 Å². The maximum atomic E-state index is 14.7. The van der Waals surface area contributed by atoms with Crippen molar-refractivity contribution in [1.82, 2.24) is 9.80 Å². The largest absolute Gasteiger partial charge is 0.324 e. The fraction of sp³-hybridized carbons (Fsp3) is 0.364. The zero-order valence-electron chi connectivity index (χ0n) is 17.3. The molecule has 0 aromatic heterocycles. The standard InChI is InChI=1S/C22H25F3N4O2/c1-2-27-8-10-28(11-9-27)22(31)29(19-5-3-4-17(23)21(19)25)14-16-7-6-15(12-18(16)24)20(30)13-26/h3-7,12H,2,8-11,13-14,26H2,1H3. The highest BCUT2D eigenvalue weighted by molar-refractivity contribution is 5.97. The second kappa shape index (κ2) is 9.93. The molecular formula is C22H25F3N4O2. The first-order valence-electron chi connectivity index (χ1n) is 10.1. The van der Waals surface area contributed by atoms with Gasteiger partial charge in [-0.2, -0.15) is 0 Å². The van der Waals surface area contributed by atoms with E-state index in [9.17, 15) is 22.8 Å². The summed E-state index contributed by atoms with van der Waals surface area (Å²) in [6, 6.07) is 6.78. The number of nitrogens with zero attached hydrogens (tertiary/aromatic N) is 3. The lowest BCUT2D eigenvalue weighted by Crippen LogP contribution is -2.53. The number of benzene rings is 2. The molecule has 2 N–H and O–H groups in total. The van der Waals surface area contributed by atoms with Crippen LogP contribution in [0.15, 0.2) is 36.4 Å². The van der Waals surface area contributed by atoms with Gasteiger partial charge in [0.15, 0.2) is 17.4 Å². The van der Waals surface area contributed by atoms with Gasteiger partial charge in [-0.15, -0.1) is 0 Å². The predicted molar refractivity (Wildman–Crippen MR) is 111 cm³/mol. The van der Waals surface area contributed by atoms with Crippen LogP contribution in [0.2, 0.25) is 0 Å². The molecule has 3 rings (SSSR count). The zero-order valence-corrected chi connectivity index (χ0v) is 17.3. The van der Waals surface area contributed by atoms with Crippen LogP contribution >= 0.6 is 0 Å². The number of amides is 2. The third kappa shape index (κ3) is 5.05. The van der Waals surface area contributed by atoms with Gasteiger partial charge in [0.2, 0.25) is 0 Å². The van der Waals surface area contributed by atoms with E-state index in [0.29, 0.717) is 26.2 Å². The van der Waals surface area contributed by atoms with Crippen LogP contribution < -0.4 is 10.6 Å². The number of hydrogen-bond donors (Lipinski definition) is 1. The second-order valence-electron chi connectivity index (χ2n) is 7.30. The average Bonchev–Trinajstić information content (AvgIpc) is 2.79. The summed E-state index contributed by atoms with van der Waals surface area (Å²) in [5.74, 6) is -3.44. The number of piperazine rings is 1. The molecule has 0 atom stereocenters. The van der Waals surface area contributed by atoms with Crippen molar-refractivity contribution in [2.45, 2.75) is 13.5 Å². The van der Waals surface area contributed by atoms with Gasteiger partial charge in [0.1, 0.15) is 5.82 Å². The van der Waals surface area contributed by atoms with Crippen molar-refractivity contribution in [3.8, 4) is 0 Å². The normalized spacial score (nSPS) is 14.5. The highest BCUT2D eigenvalue weighted by Gasteiger charge is 2.29. The van der Waals surface area contributed by atoms with Gasteiger partial charge in [0.05, 0.1) is 18.8 Å². The second-order valence-corrected chi connectivity index (χ2v) is 7.30. The van der Waals surface area contributed by atoms with E-state index in [2.05, 4.69) is 4.90 Å². The van der Waals surface area contributed by atoms with Gasteiger partial charge in [0.25, 0.3) is 0 Å². The third-order valence-electron chi connectivity index (χ3n) is 5.43. The van der Waals surface area contributed by atoms with Gasteiger partial charge >= 0.3 is 6.03 Å². The number of nitrogens with two attached hydrogens (primary N) is 1. The van der Waals surface area contributed by atoms with Gasteiger partial charge in [-0.1, -0.05) is 25.1 Å². The molecule has 0 spiro atoms. The molecule has 1 aliphatic heterocycles. The van der Waals surface area contributed by atoms with E-state index in [1.54, 1.807) is 4.90 Å². The van der Waals surface area contributed by atoms with Crippen LogP contribution in [0, 0.1) is 17.5 Å². The first-order chi connectivity index (χ1) is 14.8. The first kappa shape index (κ1) is 22.8. The molecule has 2 amide bonds. The summed E-state index contributed by atoms with van der Waals surface area (Å²) in [4.78, 5) is 29.7. The molecule has 1 saturated heterocycles. The summed E-state index contributed by atoms with van der Waals surface area (Å²) in [6.07, 6.45) is 0. The molecule has 6 nitrogen and oxygen atoms in total. The predicted octanol–water partition coefficient (Wildman–Crippen LogP) is 3.01. The fourth-order valence-electron chi connectivity index (χ4n) is 3.52. The van der Waals surface area contributed by atoms with E-state index in [-0.39, 0.29) is 29.9 Å². The number of carbonyl (C=O) groups is 2. The van der Waals surface area contributed by atoms with Crippen molar-refractivity contribution in [3.05, 3.63) is 65.0 Å². The van der Waals surface area contributed by atoms with Crippen molar-refractivity contribution >= 4 is 17.5 Å². The van der Waals surface area contributed by atoms with E-state index in [1.807, 2.05) is 6.92 Å². The fourth-order valence-corrected chi connectivity index (χ4v) is 3.52. The lowest BCUT2D eigenvalue weighted by molar-refractivity contribution is 0.100. The van der Waals surface area contributed by atoms with Gasteiger partial charge < -0.3 is 15.5 Å². The molecule has 1 heterocycles. The van der Waals surface area contributed by atoms with Gasteiger partial charge in [-0.05, 0) is 24.7 Å². The number of hydrogen-bond acceptors (Lipinski definition) is 4. The lowest BCUT2D eigenvalue weighted by atomic mass is 10.1. The summed E-state index contributed by atoms with van der Waals surface area (Å²) in [5.41, 5.74) is 5.21. The molecule has 0 aliphatic carbocycles. The Morgan fingerprint density at radius 3 is 2.35 bits per heavy atom. The number of likely N-dealkylation sites (N-methyl/N-ethyl adjacent to an activating group) is 1. The molecule has 0 saturated carbocycles. The van der Waals surface area contributed by atoms with Crippen LogP contribution in [0.1, 0.15) is 22.8 Å². The zero-order chi connectivity index (χ0) is 22.5. The number of carbonyl (C=O) groups excluding carboxylic acids is 2. The van der Waals surface area contributed by atoms with E-state index in [1.165, 1.54) is 24.3 Å². The Labute approximate surface area is 179 Å². The molecule has 0 radical (unpaired) electrons. The number of ketones is 1. The molecule has 0 unspecified atom stereocenters. The molecule has 2 aromatic rings. The third-order valence-corrected chi connectivity index (χ3v) is 5.43. The maximum absolute atomic E-state index is 14.7. The Balaban J connectivity index is 1.92. The van der Waals surface area contributed by atoms with Crippen molar-refractivity contribution in [3.63, 3.8) is 0 Å². The van der Waals surface area contributed by atoms with Crippen molar-refractivity contribution < 1.29 is 22.8 Å². The molecule has 1 fully saturated rings. The molecule has 31 heavy (non-hydrogen) atoms. The van der Waals surface area contributed by atoms with E-state index >= 15 is 0 Å². The number of Topliss-reactive ketones (excluding diaryl/α,β-unsaturated/α-hetero) is 1. The van der Waals surface area contributed by atoms with Crippen LogP contribution in [0.5, 0.6) is 0 Å². The summed E-state index contributed by atoms with van der Waals surface area (Å²) >= 11 is 0. The Hall–Kier alpha value is -2.91. The molecule has 0 bridgehead atoms. The van der Waals surface area contributed by atoms with Crippen LogP contribution in [-0.2, 0) is 6.54 Å². The van der Waals surface area contributed by atoms with Crippen LogP contribution in [-0.4, -0.2) is 60.9 Å². The topological polar surface area (TPSA) is 69.9 Å². The van der Waals surface area contributed by atoms with Crippen molar-refractivity contribution in [1.29, 1.82) is 0 Å². The van der Waals surface area contributed by atoms with Crippen molar-refractivity contribution in [2.24, 2.45) is 5.73 Å². The minimum atomic E-state index is -1.18. The smallest absolute Gasteiger partial charge is 0.324 e. The summed E-state index contributed by atoms with van der Waals surface area (Å²) < 4.78 is 43.1. The van der Waals surface area contributed by atoms with Gasteiger partial charge in [-0.25, -0.2) is 18.0 Å². The van der Waals surface area contributed by atoms with Gasteiger partial charge in [0, 0.05) is 37.3 Å². The Kier molecular flexibility index (Phi) is 7.29. The molecule has 166 valence electrons. The van der Waals surface area contributed by atoms with Crippen LogP contribution in [0.3, 0.4) is 0 Å². The monoisotopic (exact) mass is 434 g/mol. The van der Waals surface area contributed by atoms with Gasteiger partial charge in [-0.3, -0.25) is 9.69 Å². The summed E-state index contributed by atoms with van der Waals surface area (Å²) in [6.45, 7) is 4.45. The van der Waals surface area contributed by atoms with Crippen LogP contribution in [0.4, 0.5) is 23.7 Å². The van der Waals surface area contributed by atoms with Crippen LogP contribution in [0.25, 0.3) is 0 Å². The average molecular weight is 434 g/mol. The molecule has 2 aromatic carbocycles. The minimum Gasteiger partial charge on any atom is -0.324 e. The Bertz CT molecular complexity index is 962. The van der Waals surface area contributed by atoms with Crippen molar-refractivity contribution in [2.75, 3.05) is 44.2 Å². The summed E-state index contributed by atoms with van der Waals surface area (Å²) in [5, 5.41) is 0. The highest BCUT2D eigenvalue weighted by Crippen LogP contribution is 2.26.